The summed E-state index contributed by atoms with van der Waals surface area (Å²) in [7, 11) is 0. The van der Waals surface area contributed by atoms with Crippen LogP contribution in [0.15, 0.2) is 0 Å². The fourth-order valence-corrected chi connectivity index (χ4v) is 2.63. The van der Waals surface area contributed by atoms with Gasteiger partial charge in [-0.3, -0.25) is 9.69 Å². The van der Waals surface area contributed by atoms with Gasteiger partial charge in [0.1, 0.15) is 0 Å². The van der Waals surface area contributed by atoms with Crippen LogP contribution in [0.1, 0.15) is 13.3 Å². The first kappa shape index (κ1) is 15.1. The molecule has 2 aliphatic rings. The lowest BCUT2D eigenvalue weighted by Gasteiger charge is -2.39. The molecule has 0 radical (unpaired) electrons. The van der Waals surface area contributed by atoms with Crippen LogP contribution in [-0.4, -0.2) is 90.3 Å². The molecule has 0 aromatic carbocycles. The molecule has 1 atom stereocenters. The van der Waals surface area contributed by atoms with Gasteiger partial charge in [-0.05, 0) is 6.42 Å². The van der Waals surface area contributed by atoms with Gasteiger partial charge in [0.25, 0.3) is 0 Å². The first-order valence-electron chi connectivity index (χ1n) is 7.19. The molecule has 0 aliphatic carbocycles. The van der Waals surface area contributed by atoms with E-state index in [4.69, 9.17) is 9.84 Å². The van der Waals surface area contributed by atoms with E-state index in [-0.39, 0.29) is 18.7 Å². The van der Waals surface area contributed by atoms with Crippen molar-refractivity contribution in [2.24, 2.45) is 0 Å². The largest absolute Gasteiger partial charge is 0.480 e. The second kappa shape index (κ2) is 6.90. The first-order valence-corrected chi connectivity index (χ1v) is 7.19. The SMILES string of the molecule is CCC1CN(C(=O)N2CCN(CC(=O)O)CC2)CCO1. The molecule has 0 aromatic rings. The van der Waals surface area contributed by atoms with Crippen molar-refractivity contribution in [2.45, 2.75) is 19.4 Å². The Morgan fingerprint density at radius 1 is 1.15 bits per heavy atom. The molecule has 0 saturated carbocycles. The molecule has 1 N–H and O–H groups in total. The third-order valence-corrected chi connectivity index (χ3v) is 3.87. The summed E-state index contributed by atoms with van der Waals surface area (Å²) in [4.78, 5) is 28.6. The minimum Gasteiger partial charge on any atom is -0.480 e. The maximum absolute atomic E-state index is 12.4. The van der Waals surface area contributed by atoms with Crippen LogP contribution in [0.5, 0.6) is 0 Å². The minimum atomic E-state index is -0.816. The van der Waals surface area contributed by atoms with E-state index in [1.165, 1.54) is 0 Å². The van der Waals surface area contributed by atoms with Crippen LogP contribution in [0.2, 0.25) is 0 Å². The van der Waals surface area contributed by atoms with Crippen LogP contribution in [0.25, 0.3) is 0 Å². The molecule has 2 aliphatic heterocycles. The number of amides is 2. The molecule has 2 fully saturated rings. The summed E-state index contributed by atoms with van der Waals surface area (Å²) in [5, 5.41) is 8.76. The van der Waals surface area contributed by atoms with E-state index in [1.807, 2.05) is 14.7 Å². The number of nitrogens with zero attached hydrogens (tertiary/aromatic N) is 3. The number of carboxylic acid groups (broad SMARTS) is 1. The van der Waals surface area contributed by atoms with Gasteiger partial charge >= 0.3 is 12.0 Å². The molecule has 2 saturated heterocycles. The van der Waals surface area contributed by atoms with Crippen LogP contribution in [0.4, 0.5) is 4.79 Å². The van der Waals surface area contributed by atoms with Crippen LogP contribution in [0, 0.1) is 0 Å². The Labute approximate surface area is 119 Å². The summed E-state index contributed by atoms with van der Waals surface area (Å²) in [6, 6.07) is 0.0572. The van der Waals surface area contributed by atoms with Crippen LogP contribution in [-0.2, 0) is 9.53 Å². The number of ether oxygens (including phenoxy) is 1. The third kappa shape index (κ3) is 3.83. The van der Waals surface area contributed by atoms with Crippen LogP contribution >= 0.6 is 0 Å². The summed E-state index contributed by atoms with van der Waals surface area (Å²) >= 11 is 0. The summed E-state index contributed by atoms with van der Waals surface area (Å²) in [5.41, 5.74) is 0. The van der Waals surface area contributed by atoms with Gasteiger partial charge < -0.3 is 19.6 Å². The molecule has 2 amide bonds. The number of carbonyl (C=O) groups is 2. The van der Waals surface area contributed by atoms with E-state index in [2.05, 4.69) is 6.92 Å². The number of hydrogen-bond acceptors (Lipinski definition) is 4. The van der Waals surface area contributed by atoms with Crippen LogP contribution < -0.4 is 0 Å². The van der Waals surface area contributed by atoms with Crippen molar-refractivity contribution in [3.05, 3.63) is 0 Å². The molecule has 7 nitrogen and oxygen atoms in total. The zero-order chi connectivity index (χ0) is 14.5. The number of hydrogen-bond donors (Lipinski definition) is 1. The average molecular weight is 285 g/mol. The minimum absolute atomic E-state index is 0.0531. The molecular formula is C13H23N3O4. The Morgan fingerprint density at radius 2 is 1.85 bits per heavy atom. The summed E-state index contributed by atoms with van der Waals surface area (Å²) < 4.78 is 5.57. The predicted molar refractivity (Wildman–Crippen MR) is 72.6 cm³/mol. The Hall–Kier alpha value is -1.34. The van der Waals surface area contributed by atoms with Gasteiger partial charge in [0.05, 0.1) is 19.3 Å². The Bertz CT molecular complexity index is 356. The lowest BCUT2D eigenvalue weighted by Crippen LogP contribution is -2.56. The molecule has 1 unspecified atom stereocenters. The third-order valence-electron chi connectivity index (χ3n) is 3.87. The molecule has 0 aromatic heterocycles. The van der Waals surface area contributed by atoms with Gasteiger partial charge in [-0.15, -0.1) is 0 Å². The molecular weight excluding hydrogens is 262 g/mol. The number of rotatable bonds is 3. The van der Waals surface area contributed by atoms with Crippen molar-refractivity contribution in [3.63, 3.8) is 0 Å². The maximum Gasteiger partial charge on any atom is 0.320 e. The number of piperazine rings is 1. The zero-order valence-corrected chi connectivity index (χ0v) is 12.0. The highest BCUT2D eigenvalue weighted by Gasteiger charge is 2.29. The highest BCUT2D eigenvalue weighted by molar-refractivity contribution is 5.75. The highest BCUT2D eigenvalue weighted by atomic mass is 16.5. The second-order valence-corrected chi connectivity index (χ2v) is 5.29. The van der Waals surface area contributed by atoms with Gasteiger partial charge in [0.15, 0.2) is 0 Å². The van der Waals surface area contributed by atoms with Crippen molar-refractivity contribution in [1.82, 2.24) is 14.7 Å². The fourth-order valence-electron chi connectivity index (χ4n) is 2.63. The summed E-state index contributed by atoms with van der Waals surface area (Å²) in [5.74, 6) is -0.816. The summed E-state index contributed by atoms with van der Waals surface area (Å²) in [6.45, 7) is 6.46. The fraction of sp³-hybridized carbons (Fsp3) is 0.846. The number of aliphatic carboxylic acids is 1. The Morgan fingerprint density at radius 3 is 2.45 bits per heavy atom. The smallest absolute Gasteiger partial charge is 0.320 e. The maximum atomic E-state index is 12.4. The van der Waals surface area contributed by atoms with E-state index < -0.39 is 5.97 Å². The quantitative estimate of drug-likeness (QED) is 0.785. The molecule has 2 heterocycles. The Balaban J connectivity index is 1.80. The van der Waals surface area contributed by atoms with Gasteiger partial charge in [-0.1, -0.05) is 6.92 Å². The molecule has 7 heteroatoms. The second-order valence-electron chi connectivity index (χ2n) is 5.29. The number of urea groups is 1. The van der Waals surface area contributed by atoms with Crippen molar-refractivity contribution in [1.29, 1.82) is 0 Å². The monoisotopic (exact) mass is 285 g/mol. The molecule has 20 heavy (non-hydrogen) atoms. The Kier molecular flexibility index (Phi) is 5.19. The number of morpholine rings is 1. The van der Waals surface area contributed by atoms with Gasteiger partial charge in [-0.2, -0.15) is 0 Å². The molecule has 0 bridgehead atoms. The predicted octanol–water partition coefficient (Wildman–Crippen LogP) is -0.0806. The average Bonchev–Trinajstić information content (AvgIpc) is 2.47. The van der Waals surface area contributed by atoms with E-state index in [0.29, 0.717) is 45.9 Å². The van der Waals surface area contributed by atoms with E-state index in [1.54, 1.807) is 0 Å². The number of carboxylic acids is 1. The van der Waals surface area contributed by atoms with Crippen molar-refractivity contribution < 1.29 is 19.4 Å². The lowest BCUT2D eigenvalue weighted by molar-refractivity contribution is -0.138. The van der Waals surface area contributed by atoms with Crippen LogP contribution in [0.3, 0.4) is 0 Å². The number of carbonyl (C=O) groups excluding carboxylic acids is 1. The van der Waals surface area contributed by atoms with E-state index in [9.17, 15) is 9.59 Å². The molecule has 0 spiro atoms. The molecule has 2 rings (SSSR count). The molecule has 114 valence electrons. The van der Waals surface area contributed by atoms with Gasteiger partial charge in [-0.25, -0.2) is 4.79 Å². The normalized spacial score (nSPS) is 24.8. The van der Waals surface area contributed by atoms with Gasteiger partial charge in [0, 0.05) is 39.3 Å². The van der Waals surface area contributed by atoms with Crippen molar-refractivity contribution in [3.8, 4) is 0 Å². The van der Waals surface area contributed by atoms with Gasteiger partial charge in [0.2, 0.25) is 0 Å². The topological polar surface area (TPSA) is 73.3 Å². The van der Waals surface area contributed by atoms with Crippen molar-refractivity contribution >= 4 is 12.0 Å². The standard InChI is InChI=1S/C13H23N3O4/c1-2-11-9-16(7-8-20-11)13(19)15-5-3-14(4-6-15)10-12(17)18/h11H,2-10H2,1H3,(H,17,18). The summed E-state index contributed by atoms with van der Waals surface area (Å²) in [6.07, 6.45) is 1.05. The van der Waals surface area contributed by atoms with E-state index >= 15 is 0 Å². The lowest BCUT2D eigenvalue weighted by atomic mass is 10.2. The highest BCUT2D eigenvalue weighted by Crippen LogP contribution is 2.12. The van der Waals surface area contributed by atoms with E-state index in [0.717, 1.165) is 6.42 Å². The first-order chi connectivity index (χ1) is 9.60. The van der Waals surface area contributed by atoms with Crippen molar-refractivity contribution in [2.75, 3.05) is 52.4 Å². The zero-order valence-electron chi connectivity index (χ0n) is 12.0.